The number of benzene rings is 1. The van der Waals surface area contributed by atoms with E-state index in [-0.39, 0.29) is 17.5 Å². The van der Waals surface area contributed by atoms with E-state index in [4.69, 9.17) is 0 Å². The minimum Gasteiger partial charge on any atom is -0.349 e. The molecular formula is C16H20F2N3OS+. The fraction of sp³-hybridized carbons (Fsp3) is 0.375. The second kappa shape index (κ2) is 7.61. The van der Waals surface area contributed by atoms with Crippen LogP contribution in [0.5, 0.6) is 0 Å². The number of hydrogen-bond acceptors (Lipinski definition) is 3. The van der Waals surface area contributed by atoms with Gasteiger partial charge in [0.05, 0.1) is 12.7 Å². The molecule has 1 heterocycles. The van der Waals surface area contributed by atoms with Crippen molar-refractivity contribution >= 4 is 17.2 Å². The van der Waals surface area contributed by atoms with Gasteiger partial charge in [-0.15, -0.1) is 11.3 Å². The fourth-order valence-corrected chi connectivity index (χ4v) is 3.09. The van der Waals surface area contributed by atoms with E-state index in [1.54, 1.807) is 5.38 Å². The molecule has 0 aliphatic rings. The van der Waals surface area contributed by atoms with Gasteiger partial charge in [-0.25, -0.2) is 13.8 Å². The van der Waals surface area contributed by atoms with E-state index in [0.717, 1.165) is 28.1 Å². The summed E-state index contributed by atoms with van der Waals surface area (Å²) in [6.07, 6.45) is 0. The minimum atomic E-state index is -0.500. The number of likely N-dealkylation sites (N-methyl/N-ethyl adjacent to an activating group) is 1. The summed E-state index contributed by atoms with van der Waals surface area (Å²) in [5.74, 6) is -1.02. The zero-order chi connectivity index (χ0) is 17.0. The van der Waals surface area contributed by atoms with E-state index >= 15 is 0 Å². The third-order valence-corrected chi connectivity index (χ3v) is 3.97. The summed E-state index contributed by atoms with van der Waals surface area (Å²) < 4.78 is 27.0. The van der Waals surface area contributed by atoms with Gasteiger partial charge in [0.15, 0.2) is 6.54 Å². The zero-order valence-corrected chi connectivity index (χ0v) is 14.1. The van der Waals surface area contributed by atoms with Gasteiger partial charge >= 0.3 is 0 Å². The Bertz CT molecular complexity index is 688. The van der Waals surface area contributed by atoms with Crippen LogP contribution >= 0.6 is 11.3 Å². The summed E-state index contributed by atoms with van der Waals surface area (Å²) in [5, 5.41) is 5.32. The second-order valence-corrected chi connectivity index (χ2v) is 6.73. The lowest BCUT2D eigenvalue weighted by Gasteiger charge is -2.13. The molecule has 0 spiro atoms. The lowest BCUT2D eigenvalue weighted by atomic mass is 10.1. The number of hydrogen-bond donors (Lipinski definition) is 2. The Labute approximate surface area is 138 Å². The maximum absolute atomic E-state index is 13.8. The number of amides is 1. The van der Waals surface area contributed by atoms with Gasteiger partial charge < -0.3 is 10.2 Å². The van der Waals surface area contributed by atoms with E-state index in [1.165, 1.54) is 11.3 Å². The SMILES string of the molecule is CC(C)NC(=O)C[NH+](C)Cc1nc(-c2cc(F)ccc2F)cs1. The normalized spacial score (nSPS) is 12.4. The van der Waals surface area contributed by atoms with Crippen LogP contribution in [0.2, 0.25) is 0 Å². The molecule has 4 nitrogen and oxygen atoms in total. The van der Waals surface area contributed by atoms with Gasteiger partial charge in [0.2, 0.25) is 0 Å². The lowest BCUT2D eigenvalue weighted by Crippen LogP contribution is -3.09. The fourth-order valence-electron chi connectivity index (χ4n) is 2.18. The molecule has 0 aliphatic heterocycles. The van der Waals surface area contributed by atoms with E-state index in [1.807, 2.05) is 20.9 Å². The first-order valence-corrected chi connectivity index (χ1v) is 8.23. The first kappa shape index (κ1) is 17.5. The molecule has 124 valence electrons. The lowest BCUT2D eigenvalue weighted by molar-refractivity contribution is -0.885. The highest BCUT2D eigenvalue weighted by molar-refractivity contribution is 7.09. The van der Waals surface area contributed by atoms with Gasteiger partial charge in [-0.05, 0) is 32.0 Å². The molecule has 1 atom stereocenters. The first-order valence-electron chi connectivity index (χ1n) is 7.35. The van der Waals surface area contributed by atoms with Crippen LogP contribution in [-0.4, -0.2) is 30.5 Å². The number of carbonyl (C=O) groups excluding carboxylic acids is 1. The van der Waals surface area contributed by atoms with Crippen LogP contribution in [0.25, 0.3) is 11.3 Å². The van der Waals surface area contributed by atoms with Crippen molar-refractivity contribution in [3.63, 3.8) is 0 Å². The number of nitrogens with one attached hydrogen (secondary N) is 2. The Morgan fingerprint density at radius 1 is 1.39 bits per heavy atom. The van der Waals surface area contributed by atoms with Crippen LogP contribution in [0, 0.1) is 11.6 Å². The zero-order valence-electron chi connectivity index (χ0n) is 13.3. The van der Waals surface area contributed by atoms with Crippen LogP contribution in [0.1, 0.15) is 18.9 Å². The number of carbonyl (C=O) groups is 1. The highest BCUT2D eigenvalue weighted by atomic mass is 32.1. The van der Waals surface area contributed by atoms with Crippen molar-refractivity contribution in [2.75, 3.05) is 13.6 Å². The van der Waals surface area contributed by atoms with Crippen molar-refractivity contribution in [1.29, 1.82) is 0 Å². The molecule has 0 radical (unpaired) electrons. The van der Waals surface area contributed by atoms with E-state index in [0.29, 0.717) is 18.8 Å². The molecule has 0 saturated carbocycles. The molecule has 0 aliphatic carbocycles. The van der Waals surface area contributed by atoms with Gasteiger partial charge in [-0.3, -0.25) is 4.79 Å². The molecular weight excluding hydrogens is 320 g/mol. The molecule has 0 bridgehead atoms. The molecule has 2 aromatic rings. The molecule has 7 heteroatoms. The minimum absolute atomic E-state index is 0.0227. The van der Waals surface area contributed by atoms with Crippen LogP contribution in [0.15, 0.2) is 23.6 Å². The van der Waals surface area contributed by atoms with Gasteiger partial charge in [-0.1, -0.05) is 0 Å². The first-order chi connectivity index (χ1) is 10.8. The number of nitrogens with zero attached hydrogens (tertiary/aromatic N) is 1. The van der Waals surface area contributed by atoms with Crippen molar-refractivity contribution in [1.82, 2.24) is 10.3 Å². The molecule has 2 rings (SSSR count). The van der Waals surface area contributed by atoms with E-state index in [2.05, 4.69) is 10.3 Å². The van der Waals surface area contributed by atoms with Gasteiger partial charge in [0, 0.05) is 17.0 Å². The maximum Gasteiger partial charge on any atom is 0.275 e. The quantitative estimate of drug-likeness (QED) is 0.840. The molecule has 1 aromatic heterocycles. The highest BCUT2D eigenvalue weighted by Gasteiger charge is 2.15. The number of quaternary nitrogens is 1. The van der Waals surface area contributed by atoms with Crippen molar-refractivity contribution < 1.29 is 18.5 Å². The average Bonchev–Trinajstić information content (AvgIpc) is 2.88. The Hall–Kier alpha value is -1.86. The molecule has 0 fully saturated rings. The van der Waals surface area contributed by atoms with Crippen LogP contribution in [-0.2, 0) is 11.3 Å². The van der Waals surface area contributed by atoms with Crippen molar-refractivity contribution in [2.24, 2.45) is 0 Å². The Balaban J connectivity index is 2.02. The van der Waals surface area contributed by atoms with Crippen molar-refractivity contribution in [3.05, 3.63) is 40.2 Å². The van der Waals surface area contributed by atoms with Crippen LogP contribution < -0.4 is 10.2 Å². The summed E-state index contributed by atoms with van der Waals surface area (Å²) in [4.78, 5) is 17.0. The molecule has 23 heavy (non-hydrogen) atoms. The predicted octanol–water partition coefficient (Wildman–Crippen LogP) is 1.63. The monoisotopic (exact) mass is 340 g/mol. The molecule has 2 N–H and O–H groups in total. The molecule has 0 saturated heterocycles. The van der Waals surface area contributed by atoms with Crippen molar-refractivity contribution in [3.8, 4) is 11.3 Å². The third-order valence-electron chi connectivity index (χ3n) is 3.12. The average molecular weight is 340 g/mol. The van der Waals surface area contributed by atoms with E-state index < -0.39 is 11.6 Å². The Morgan fingerprint density at radius 3 is 2.83 bits per heavy atom. The predicted molar refractivity (Wildman–Crippen MR) is 86.2 cm³/mol. The Morgan fingerprint density at radius 2 is 2.13 bits per heavy atom. The highest BCUT2D eigenvalue weighted by Crippen LogP contribution is 2.25. The topological polar surface area (TPSA) is 46.4 Å². The molecule has 1 amide bonds. The van der Waals surface area contributed by atoms with Gasteiger partial charge in [0.25, 0.3) is 5.91 Å². The van der Waals surface area contributed by atoms with E-state index in [9.17, 15) is 13.6 Å². The summed E-state index contributed by atoms with van der Waals surface area (Å²) in [6, 6.07) is 3.42. The van der Waals surface area contributed by atoms with Crippen LogP contribution in [0.4, 0.5) is 8.78 Å². The Kier molecular flexibility index (Phi) is 5.79. The summed E-state index contributed by atoms with van der Waals surface area (Å²) >= 11 is 1.38. The standard InChI is InChI=1S/C16H19F2N3OS/c1-10(2)19-15(22)7-21(3)8-16-20-14(9-23-16)12-6-11(17)4-5-13(12)18/h4-6,9-10H,7-8H2,1-3H3,(H,19,22)/p+1. The largest absolute Gasteiger partial charge is 0.349 e. The number of aromatic nitrogens is 1. The summed E-state index contributed by atoms with van der Waals surface area (Å²) in [6.45, 7) is 4.70. The summed E-state index contributed by atoms with van der Waals surface area (Å²) in [5.41, 5.74) is 0.573. The smallest absolute Gasteiger partial charge is 0.275 e. The second-order valence-electron chi connectivity index (χ2n) is 5.78. The number of rotatable bonds is 6. The van der Waals surface area contributed by atoms with Crippen LogP contribution in [0.3, 0.4) is 0 Å². The molecule has 1 unspecified atom stereocenters. The molecule has 1 aromatic carbocycles. The van der Waals surface area contributed by atoms with Gasteiger partial charge in [-0.2, -0.15) is 0 Å². The number of thiazole rings is 1. The third kappa shape index (κ3) is 5.07. The summed E-state index contributed by atoms with van der Waals surface area (Å²) in [7, 11) is 1.89. The van der Waals surface area contributed by atoms with Crippen molar-refractivity contribution in [2.45, 2.75) is 26.4 Å². The maximum atomic E-state index is 13.8. The van der Waals surface area contributed by atoms with Gasteiger partial charge in [0.1, 0.15) is 23.2 Å². The number of halogens is 2.